The van der Waals surface area contributed by atoms with Crippen molar-refractivity contribution in [3.63, 3.8) is 0 Å². The second kappa shape index (κ2) is 19.0. The number of aliphatic hydroxyl groups excluding tert-OH is 2. The lowest BCUT2D eigenvalue weighted by Gasteiger charge is -2.49. The molecule has 0 spiro atoms. The van der Waals surface area contributed by atoms with Crippen LogP contribution in [0.4, 0.5) is 0 Å². The number of esters is 2. The highest BCUT2D eigenvalue weighted by molar-refractivity contribution is 5.73. The van der Waals surface area contributed by atoms with Gasteiger partial charge in [-0.05, 0) is 81.4 Å². The molecule has 0 radical (unpaired) electrons. The Hall–Kier alpha value is -1.54. The Bertz CT molecular complexity index is 1340. The van der Waals surface area contributed by atoms with Gasteiger partial charge < -0.3 is 68.1 Å². The molecule has 4 N–H and O–H groups in total. The molecule has 57 heavy (non-hydrogen) atoms. The van der Waals surface area contributed by atoms with Gasteiger partial charge in [-0.3, -0.25) is 9.59 Å². The van der Waals surface area contributed by atoms with E-state index in [4.69, 9.17) is 37.9 Å². The van der Waals surface area contributed by atoms with E-state index in [1.165, 1.54) is 14.2 Å². The minimum absolute atomic E-state index is 0.0182. The standard InChI is InChI=1S/C41H74N2O14/c1-21-18-39(8,48)35(57-38-32(52-16-15-29(44)50-13)28(42(10)11)17-22(2)53-38)23(3)31(55-30-19-40(9,51-14)34(46)27(7)54-30)24(4)37(47)56-36-25(5)41(36,49)33(45)26(6)43(12)20-21/h21-28,30-36,38,45-46,48-49H,15-20H2,1-14H3/t21-,22-,23+,24-,25?,26-,27+,28+,30+,31+,32-,33-,34+,35-,36-,38+,39+,40-,41+/m1/s1. The quantitative estimate of drug-likeness (QED) is 0.233. The van der Waals surface area contributed by atoms with Gasteiger partial charge in [-0.15, -0.1) is 0 Å². The average molecular weight is 819 g/mol. The van der Waals surface area contributed by atoms with Crippen molar-refractivity contribution in [2.24, 2.45) is 23.7 Å². The number of rotatable bonds is 10. The van der Waals surface area contributed by atoms with Crippen LogP contribution < -0.4 is 0 Å². The van der Waals surface area contributed by atoms with Crippen LogP contribution in [0.5, 0.6) is 0 Å². The molecule has 1 aliphatic carbocycles. The van der Waals surface area contributed by atoms with Crippen LogP contribution in [0, 0.1) is 23.7 Å². The lowest BCUT2D eigenvalue weighted by Crippen LogP contribution is -2.61. The maximum atomic E-state index is 14.2. The molecule has 19 atom stereocenters. The molecule has 3 aliphatic heterocycles. The summed E-state index contributed by atoms with van der Waals surface area (Å²) in [5, 5.41) is 46.9. The number of ether oxygens (including phenoxy) is 8. The van der Waals surface area contributed by atoms with Crippen LogP contribution >= 0.6 is 0 Å². The van der Waals surface area contributed by atoms with Gasteiger partial charge in [0.2, 0.25) is 0 Å². The van der Waals surface area contributed by atoms with Gasteiger partial charge in [0.05, 0.1) is 61.7 Å². The summed E-state index contributed by atoms with van der Waals surface area (Å²) in [6, 6.07) is -0.702. The highest BCUT2D eigenvalue weighted by Gasteiger charge is 2.70. The third-order valence-corrected chi connectivity index (χ3v) is 13.4. The number of hydrogen-bond acceptors (Lipinski definition) is 16. The predicted molar refractivity (Wildman–Crippen MR) is 208 cm³/mol. The van der Waals surface area contributed by atoms with Crippen LogP contribution in [0.3, 0.4) is 0 Å². The van der Waals surface area contributed by atoms with Crippen molar-refractivity contribution in [3.05, 3.63) is 0 Å². The zero-order valence-electron chi connectivity index (χ0n) is 36.7. The Kier molecular flexibility index (Phi) is 16.1. The Labute approximate surface area is 339 Å². The molecular formula is C41H74N2O14. The van der Waals surface area contributed by atoms with Crippen LogP contribution in [0.2, 0.25) is 0 Å². The molecule has 0 aromatic rings. The zero-order valence-corrected chi connectivity index (χ0v) is 36.7. The number of hydrogen-bond donors (Lipinski definition) is 4. The summed E-state index contributed by atoms with van der Waals surface area (Å²) in [4.78, 5) is 30.3. The molecule has 3 heterocycles. The molecule has 16 heteroatoms. The van der Waals surface area contributed by atoms with Crippen LogP contribution in [0.25, 0.3) is 0 Å². The van der Waals surface area contributed by atoms with E-state index in [9.17, 15) is 30.0 Å². The first-order valence-corrected chi connectivity index (χ1v) is 20.7. The van der Waals surface area contributed by atoms with Crippen molar-refractivity contribution in [2.75, 3.05) is 48.5 Å². The fourth-order valence-corrected chi connectivity index (χ4v) is 9.52. The summed E-state index contributed by atoms with van der Waals surface area (Å²) >= 11 is 0. The van der Waals surface area contributed by atoms with E-state index >= 15 is 0 Å². The average Bonchev–Trinajstić information content (AvgIpc) is 3.67. The van der Waals surface area contributed by atoms with Gasteiger partial charge in [0, 0.05) is 44.0 Å². The lowest BCUT2D eigenvalue weighted by atomic mass is 9.77. The summed E-state index contributed by atoms with van der Waals surface area (Å²) in [6.07, 6.45) is -7.86. The molecule has 4 aliphatic rings. The van der Waals surface area contributed by atoms with E-state index in [1.807, 2.05) is 58.6 Å². The molecular weight excluding hydrogens is 744 g/mol. The van der Waals surface area contributed by atoms with Crippen LogP contribution in [-0.4, -0.2) is 181 Å². The fraction of sp³-hybridized carbons (Fsp3) is 0.951. The molecule has 0 aromatic heterocycles. The Morgan fingerprint density at radius 2 is 1.60 bits per heavy atom. The summed E-state index contributed by atoms with van der Waals surface area (Å²) in [5.74, 6) is -3.55. The maximum Gasteiger partial charge on any atom is 0.311 e. The Morgan fingerprint density at radius 3 is 2.19 bits per heavy atom. The Morgan fingerprint density at radius 1 is 0.947 bits per heavy atom. The lowest BCUT2D eigenvalue weighted by molar-refractivity contribution is -0.321. The second-order valence-corrected chi connectivity index (χ2v) is 18.3. The largest absolute Gasteiger partial charge is 0.469 e. The topological polar surface area (TPSA) is 195 Å². The van der Waals surface area contributed by atoms with E-state index in [0.717, 1.165) is 0 Å². The molecule has 1 unspecified atom stereocenters. The summed E-state index contributed by atoms with van der Waals surface area (Å²) in [6.45, 7) is 16.7. The Balaban J connectivity index is 1.81. The molecule has 332 valence electrons. The van der Waals surface area contributed by atoms with Crippen molar-refractivity contribution in [1.82, 2.24) is 9.80 Å². The van der Waals surface area contributed by atoms with E-state index in [2.05, 4.69) is 0 Å². The van der Waals surface area contributed by atoms with Gasteiger partial charge in [0.1, 0.15) is 30.0 Å². The summed E-state index contributed by atoms with van der Waals surface area (Å²) < 4.78 is 49.4. The predicted octanol–water partition coefficient (Wildman–Crippen LogP) is 1.71. The van der Waals surface area contributed by atoms with Gasteiger partial charge in [-0.2, -0.15) is 0 Å². The summed E-state index contributed by atoms with van der Waals surface area (Å²) in [7, 11) is 8.55. The number of fused-ring (bicyclic) bond motifs is 1. The van der Waals surface area contributed by atoms with Crippen molar-refractivity contribution in [3.8, 4) is 0 Å². The summed E-state index contributed by atoms with van der Waals surface area (Å²) in [5.41, 5.74) is -4.27. The van der Waals surface area contributed by atoms with Crippen molar-refractivity contribution < 1.29 is 67.9 Å². The van der Waals surface area contributed by atoms with E-state index in [-0.39, 0.29) is 43.9 Å². The smallest absolute Gasteiger partial charge is 0.311 e. The van der Waals surface area contributed by atoms with Crippen molar-refractivity contribution >= 4 is 11.9 Å². The highest BCUT2D eigenvalue weighted by Crippen LogP contribution is 2.50. The maximum absolute atomic E-state index is 14.2. The van der Waals surface area contributed by atoms with Gasteiger partial charge in [-0.1, -0.05) is 20.8 Å². The number of carbonyl (C=O) groups is 2. The molecule has 1 saturated carbocycles. The number of likely N-dealkylation sites (N-methyl/N-ethyl adjacent to an activating group) is 2. The van der Waals surface area contributed by atoms with Gasteiger partial charge in [0.25, 0.3) is 0 Å². The second-order valence-electron chi connectivity index (χ2n) is 18.3. The first-order chi connectivity index (χ1) is 26.4. The van der Waals surface area contributed by atoms with E-state index in [1.54, 1.807) is 34.6 Å². The molecule has 16 nitrogen and oxygen atoms in total. The first-order valence-electron chi connectivity index (χ1n) is 20.7. The third kappa shape index (κ3) is 10.5. The molecule has 3 saturated heterocycles. The third-order valence-electron chi connectivity index (χ3n) is 13.4. The van der Waals surface area contributed by atoms with Gasteiger partial charge in [0.15, 0.2) is 12.6 Å². The van der Waals surface area contributed by atoms with Gasteiger partial charge >= 0.3 is 11.9 Å². The van der Waals surface area contributed by atoms with Crippen LogP contribution in [0.15, 0.2) is 0 Å². The van der Waals surface area contributed by atoms with Crippen LogP contribution in [0.1, 0.15) is 88.0 Å². The molecule has 4 rings (SSSR count). The SMILES string of the molecule is COC(=O)CCO[C@H]1[C@H](O[C@@H]2[C@@H](C)[C@H](O[C@H]3C[C@@](C)(OC)[C@@H](O)[C@H](C)O3)[C@@H](C)C(=O)O[C@@H]3C(C)[C@]3(O)[C@H](O)[C@@H](C)N(C)C[C@H](C)C[C@]2(C)O)O[C@H](C)C[C@@H]1N(C)C. The number of carbonyl (C=O) groups excluding carboxylic acids is 2. The monoisotopic (exact) mass is 819 g/mol. The number of aliphatic hydroxyl groups is 4. The van der Waals surface area contributed by atoms with Crippen molar-refractivity contribution in [2.45, 2.75) is 178 Å². The highest BCUT2D eigenvalue weighted by atomic mass is 16.7. The zero-order chi connectivity index (χ0) is 42.9. The molecule has 0 bridgehead atoms. The minimum atomic E-state index is -1.66. The molecule has 0 aromatic carbocycles. The fourth-order valence-electron chi connectivity index (χ4n) is 9.52. The minimum Gasteiger partial charge on any atom is -0.469 e. The number of nitrogens with zero attached hydrogens (tertiary/aromatic N) is 2. The first kappa shape index (κ1) is 48.1. The molecule has 0 amide bonds. The van der Waals surface area contributed by atoms with E-state index < -0.39 is 108 Å². The van der Waals surface area contributed by atoms with Crippen LogP contribution in [-0.2, 0) is 47.5 Å². The van der Waals surface area contributed by atoms with Crippen molar-refractivity contribution in [1.29, 1.82) is 0 Å². The van der Waals surface area contributed by atoms with Gasteiger partial charge in [-0.25, -0.2) is 0 Å². The van der Waals surface area contributed by atoms with E-state index in [0.29, 0.717) is 13.0 Å². The normalized spacial score (nSPS) is 48.0. The number of methoxy groups -OCH3 is 2. The molecule has 4 fully saturated rings.